The van der Waals surface area contributed by atoms with E-state index in [-0.39, 0.29) is 11.9 Å². The second kappa shape index (κ2) is 6.75. The average Bonchev–Trinajstić information content (AvgIpc) is 2.71. The molecule has 20 heavy (non-hydrogen) atoms. The van der Waals surface area contributed by atoms with E-state index in [1.807, 2.05) is 48.2 Å². The monoisotopic (exact) mass is 275 g/mol. The third-order valence-corrected chi connectivity index (χ3v) is 4.04. The molecule has 1 aromatic rings. The lowest BCUT2D eigenvalue weighted by molar-refractivity contribution is 0.0689. The lowest BCUT2D eigenvalue weighted by Gasteiger charge is -2.29. The molecule has 0 bridgehead atoms. The second-order valence-corrected chi connectivity index (χ2v) is 5.68. The van der Waals surface area contributed by atoms with Crippen LogP contribution >= 0.6 is 0 Å². The molecule has 1 saturated heterocycles. The van der Waals surface area contributed by atoms with Crippen LogP contribution in [-0.4, -0.2) is 44.0 Å². The topological polar surface area (TPSA) is 49.6 Å². The highest BCUT2D eigenvalue weighted by molar-refractivity contribution is 5.94. The van der Waals surface area contributed by atoms with Gasteiger partial charge in [0.2, 0.25) is 0 Å². The zero-order chi connectivity index (χ0) is 14.5. The van der Waals surface area contributed by atoms with Gasteiger partial charge in [0.15, 0.2) is 0 Å². The van der Waals surface area contributed by atoms with Gasteiger partial charge in [-0.3, -0.25) is 4.79 Å². The third kappa shape index (κ3) is 3.31. The first kappa shape index (κ1) is 14.9. The summed E-state index contributed by atoms with van der Waals surface area (Å²) < 4.78 is 0. The Balaban J connectivity index is 2.15. The zero-order valence-electron chi connectivity index (χ0n) is 12.5. The van der Waals surface area contributed by atoms with Gasteiger partial charge in [0.1, 0.15) is 0 Å². The van der Waals surface area contributed by atoms with Crippen molar-refractivity contribution in [2.24, 2.45) is 5.73 Å². The van der Waals surface area contributed by atoms with Crippen LogP contribution in [0.2, 0.25) is 0 Å². The summed E-state index contributed by atoms with van der Waals surface area (Å²) >= 11 is 0. The lowest BCUT2D eigenvalue weighted by atomic mass is 10.1. The normalized spacial score (nSPS) is 19.6. The van der Waals surface area contributed by atoms with Crippen molar-refractivity contribution in [3.63, 3.8) is 0 Å². The molecule has 2 rings (SSSR count). The SMILES string of the molecule is CN(C)c1ccc(C(=O)N2CCCCCC2CN)cc1. The molecule has 4 nitrogen and oxygen atoms in total. The van der Waals surface area contributed by atoms with Gasteiger partial charge in [-0.1, -0.05) is 12.8 Å². The Labute approximate surface area is 121 Å². The Hall–Kier alpha value is -1.55. The summed E-state index contributed by atoms with van der Waals surface area (Å²) in [6.45, 7) is 1.39. The molecule has 0 aromatic heterocycles. The van der Waals surface area contributed by atoms with Gasteiger partial charge in [-0.05, 0) is 37.1 Å². The molecule has 1 atom stereocenters. The van der Waals surface area contributed by atoms with Gasteiger partial charge in [0, 0.05) is 44.5 Å². The third-order valence-electron chi connectivity index (χ3n) is 4.04. The Kier molecular flexibility index (Phi) is 5.01. The van der Waals surface area contributed by atoms with Crippen LogP contribution in [0.3, 0.4) is 0 Å². The van der Waals surface area contributed by atoms with Crippen molar-refractivity contribution >= 4 is 11.6 Å². The number of rotatable bonds is 3. The summed E-state index contributed by atoms with van der Waals surface area (Å²) in [5, 5.41) is 0. The number of benzene rings is 1. The first-order chi connectivity index (χ1) is 9.63. The van der Waals surface area contributed by atoms with Crippen LogP contribution in [0.4, 0.5) is 5.69 Å². The maximum Gasteiger partial charge on any atom is 0.254 e. The van der Waals surface area contributed by atoms with E-state index < -0.39 is 0 Å². The van der Waals surface area contributed by atoms with E-state index in [0.717, 1.165) is 30.6 Å². The Morgan fingerprint density at radius 1 is 1.25 bits per heavy atom. The van der Waals surface area contributed by atoms with Gasteiger partial charge in [0.25, 0.3) is 5.91 Å². The number of hydrogen-bond acceptors (Lipinski definition) is 3. The highest BCUT2D eigenvalue weighted by atomic mass is 16.2. The zero-order valence-corrected chi connectivity index (χ0v) is 12.5. The van der Waals surface area contributed by atoms with Gasteiger partial charge >= 0.3 is 0 Å². The van der Waals surface area contributed by atoms with Gasteiger partial charge < -0.3 is 15.5 Å². The summed E-state index contributed by atoms with van der Waals surface area (Å²) in [4.78, 5) is 16.7. The first-order valence-electron chi connectivity index (χ1n) is 7.42. The molecule has 0 radical (unpaired) electrons. The summed E-state index contributed by atoms with van der Waals surface area (Å²) in [5.74, 6) is 0.118. The number of likely N-dealkylation sites (tertiary alicyclic amines) is 1. The smallest absolute Gasteiger partial charge is 0.254 e. The van der Waals surface area contributed by atoms with E-state index in [4.69, 9.17) is 5.73 Å². The standard InChI is InChI=1S/C16H25N3O/c1-18(2)14-9-7-13(8-10-14)16(20)19-11-5-3-4-6-15(19)12-17/h7-10,15H,3-6,11-12,17H2,1-2H3. The molecule has 1 aliphatic rings. The number of hydrogen-bond donors (Lipinski definition) is 1. The molecule has 4 heteroatoms. The van der Waals surface area contributed by atoms with Crippen molar-refractivity contribution in [2.75, 3.05) is 32.1 Å². The first-order valence-corrected chi connectivity index (χ1v) is 7.42. The average molecular weight is 275 g/mol. The highest BCUT2D eigenvalue weighted by Crippen LogP contribution is 2.20. The van der Waals surface area contributed by atoms with E-state index in [1.165, 1.54) is 12.8 Å². The number of anilines is 1. The lowest BCUT2D eigenvalue weighted by Crippen LogP contribution is -2.44. The Bertz CT molecular complexity index is 442. The molecule has 0 aliphatic carbocycles. The van der Waals surface area contributed by atoms with E-state index in [2.05, 4.69) is 0 Å². The van der Waals surface area contributed by atoms with Gasteiger partial charge in [-0.25, -0.2) is 0 Å². The van der Waals surface area contributed by atoms with Crippen molar-refractivity contribution in [1.29, 1.82) is 0 Å². The second-order valence-electron chi connectivity index (χ2n) is 5.68. The molecule has 1 fully saturated rings. The van der Waals surface area contributed by atoms with Crippen LogP contribution in [0.5, 0.6) is 0 Å². The highest BCUT2D eigenvalue weighted by Gasteiger charge is 2.25. The summed E-state index contributed by atoms with van der Waals surface area (Å²) in [6.07, 6.45) is 4.47. The van der Waals surface area contributed by atoms with Gasteiger partial charge in [0.05, 0.1) is 0 Å². The van der Waals surface area contributed by atoms with Crippen molar-refractivity contribution in [3.8, 4) is 0 Å². The van der Waals surface area contributed by atoms with E-state index in [0.29, 0.717) is 6.54 Å². The largest absolute Gasteiger partial charge is 0.378 e. The van der Waals surface area contributed by atoms with Gasteiger partial charge in [-0.2, -0.15) is 0 Å². The number of carbonyl (C=O) groups is 1. The molecule has 1 unspecified atom stereocenters. The summed E-state index contributed by atoms with van der Waals surface area (Å²) in [7, 11) is 3.99. The maximum absolute atomic E-state index is 12.7. The minimum atomic E-state index is 0.118. The minimum absolute atomic E-state index is 0.118. The van der Waals surface area contributed by atoms with Gasteiger partial charge in [-0.15, -0.1) is 0 Å². The van der Waals surface area contributed by atoms with E-state index in [1.54, 1.807) is 0 Å². The molecule has 1 aliphatic heterocycles. The predicted molar refractivity (Wildman–Crippen MR) is 83.1 cm³/mol. The number of amides is 1. The maximum atomic E-state index is 12.7. The molecule has 1 heterocycles. The fourth-order valence-corrected chi connectivity index (χ4v) is 2.76. The molecule has 0 saturated carbocycles. The van der Waals surface area contributed by atoms with E-state index in [9.17, 15) is 4.79 Å². The van der Waals surface area contributed by atoms with Crippen LogP contribution in [0.1, 0.15) is 36.0 Å². The summed E-state index contributed by atoms with van der Waals surface area (Å²) in [5.41, 5.74) is 7.71. The predicted octanol–water partition coefficient (Wildman–Crippen LogP) is 2.10. The van der Waals surface area contributed by atoms with Crippen LogP contribution in [-0.2, 0) is 0 Å². The number of carbonyl (C=O) groups excluding carboxylic acids is 1. The molecular weight excluding hydrogens is 250 g/mol. The molecular formula is C16H25N3O. The molecule has 1 amide bonds. The minimum Gasteiger partial charge on any atom is -0.378 e. The fourth-order valence-electron chi connectivity index (χ4n) is 2.76. The summed E-state index contributed by atoms with van der Waals surface area (Å²) in [6, 6.07) is 8.00. The number of nitrogens with two attached hydrogens (primary N) is 1. The van der Waals surface area contributed by atoms with E-state index >= 15 is 0 Å². The quantitative estimate of drug-likeness (QED) is 0.919. The molecule has 110 valence electrons. The molecule has 0 spiro atoms. The van der Waals surface area contributed by atoms with Crippen LogP contribution in [0.15, 0.2) is 24.3 Å². The van der Waals surface area contributed by atoms with Crippen molar-refractivity contribution in [1.82, 2.24) is 4.90 Å². The van der Waals surface area contributed by atoms with Crippen LogP contribution in [0.25, 0.3) is 0 Å². The Morgan fingerprint density at radius 2 is 1.95 bits per heavy atom. The van der Waals surface area contributed by atoms with Crippen molar-refractivity contribution in [3.05, 3.63) is 29.8 Å². The molecule has 1 aromatic carbocycles. The number of nitrogens with zero attached hydrogens (tertiary/aromatic N) is 2. The van der Waals surface area contributed by atoms with Crippen molar-refractivity contribution in [2.45, 2.75) is 31.7 Å². The van der Waals surface area contributed by atoms with Crippen molar-refractivity contribution < 1.29 is 4.79 Å². The Morgan fingerprint density at radius 3 is 2.55 bits per heavy atom. The molecule has 2 N–H and O–H groups in total. The fraction of sp³-hybridized carbons (Fsp3) is 0.562. The van der Waals surface area contributed by atoms with Crippen LogP contribution < -0.4 is 10.6 Å². The van der Waals surface area contributed by atoms with Crippen LogP contribution in [0, 0.1) is 0 Å².